The number of hydrogen-bond acceptors (Lipinski definition) is 7. The third-order valence-corrected chi connectivity index (χ3v) is 10.4. The summed E-state index contributed by atoms with van der Waals surface area (Å²) in [6.07, 6.45) is 4.89. The number of thiazole rings is 1. The van der Waals surface area contributed by atoms with Crippen molar-refractivity contribution in [2.75, 3.05) is 37.4 Å². The fourth-order valence-electron chi connectivity index (χ4n) is 4.69. The summed E-state index contributed by atoms with van der Waals surface area (Å²) in [5, 5.41) is 0.690. The fourth-order valence-corrected chi connectivity index (χ4v) is 7.55. The Bertz CT molecular complexity index is 1250. The largest absolute Gasteiger partial charge is 0.376 e. The van der Waals surface area contributed by atoms with E-state index in [-0.39, 0.29) is 17.9 Å². The van der Waals surface area contributed by atoms with Crippen LogP contribution in [0, 0.1) is 5.92 Å². The Morgan fingerprint density at radius 2 is 1.89 bits per heavy atom. The highest BCUT2D eigenvalue weighted by atomic mass is 32.2. The minimum absolute atomic E-state index is 0.00989. The second kappa shape index (κ2) is 10.6. The van der Waals surface area contributed by atoms with E-state index in [0.29, 0.717) is 42.5 Å². The number of nitrogens with zero attached hydrogens (tertiary/aromatic N) is 3. The molecule has 0 N–H and O–H groups in total. The molecule has 2 aliphatic heterocycles. The number of para-hydroxylation sites is 1. The van der Waals surface area contributed by atoms with E-state index in [1.165, 1.54) is 15.6 Å². The molecular weight excluding hydrogens is 502 g/mol. The van der Waals surface area contributed by atoms with Crippen LogP contribution < -0.4 is 4.90 Å². The third-order valence-electron chi connectivity index (χ3n) is 6.69. The monoisotopic (exact) mass is 531 g/mol. The van der Waals surface area contributed by atoms with Crippen LogP contribution in [0.2, 0.25) is 0 Å². The number of carbonyl (C=O) groups is 1. The maximum Gasteiger partial charge on any atom is 0.243 e. The fraction of sp³-hybridized carbons (Fsp3) is 0.440. The van der Waals surface area contributed by atoms with Crippen LogP contribution in [0.3, 0.4) is 0 Å². The molecular formula is C25H29N3O4S3. The first kappa shape index (κ1) is 24.7. The summed E-state index contributed by atoms with van der Waals surface area (Å²) in [5.41, 5.74) is 0.881. The zero-order valence-corrected chi connectivity index (χ0v) is 22.1. The standard InChI is InChI=1S/C25H29N3O4S3/c1-33-20-8-10-21(11-9-20)35(30,31)27-14-12-18(13-15-27)24(29)28(17-19-5-4-16-32-19)25-26-22-6-2-3-7-23(22)34-25/h2-3,6-11,18-19H,4-5,12-17H2,1H3. The predicted octanol–water partition coefficient (Wildman–Crippen LogP) is 4.63. The van der Waals surface area contributed by atoms with Crippen molar-refractivity contribution in [2.45, 2.75) is 41.6 Å². The van der Waals surface area contributed by atoms with Gasteiger partial charge >= 0.3 is 0 Å². The van der Waals surface area contributed by atoms with Crippen LogP contribution in [0.4, 0.5) is 5.13 Å². The zero-order valence-electron chi connectivity index (χ0n) is 19.6. The lowest BCUT2D eigenvalue weighted by Gasteiger charge is -2.33. The average molecular weight is 532 g/mol. The second-order valence-corrected chi connectivity index (χ2v) is 12.7. The smallest absolute Gasteiger partial charge is 0.243 e. The second-order valence-electron chi connectivity index (χ2n) is 8.90. The first-order valence-corrected chi connectivity index (χ1v) is 15.4. The lowest BCUT2D eigenvalue weighted by Crippen LogP contribution is -2.46. The van der Waals surface area contributed by atoms with Crippen LogP contribution in [0.25, 0.3) is 10.2 Å². The first-order chi connectivity index (χ1) is 17.0. The maximum absolute atomic E-state index is 13.7. The summed E-state index contributed by atoms with van der Waals surface area (Å²) in [4.78, 5) is 21.6. The summed E-state index contributed by atoms with van der Waals surface area (Å²) in [7, 11) is -3.58. The van der Waals surface area contributed by atoms with Crippen molar-refractivity contribution in [1.82, 2.24) is 9.29 Å². The molecule has 0 radical (unpaired) electrons. The number of anilines is 1. The third kappa shape index (κ3) is 5.27. The number of thioether (sulfide) groups is 1. The van der Waals surface area contributed by atoms with Crippen molar-refractivity contribution >= 4 is 54.4 Å². The highest BCUT2D eigenvalue weighted by Gasteiger charge is 2.36. The molecule has 2 aliphatic rings. The number of benzene rings is 2. The van der Waals surface area contributed by atoms with Crippen molar-refractivity contribution in [3.63, 3.8) is 0 Å². The van der Waals surface area contributed by atoms with Crippen molar-refractivity contribution < 1.29 is 17.9 Å². The molecule has 0 bridgehead atoms. The molecule has 3 aromatic rings. The van der Waals surface area contributed by atoms with Gasteiger partial charge in [-0.15, -0.1) is 11.8 Å². The number of amides is 1. The van der Waals surface area contributed by atoms with Gasteiger partial charge in [0.1, 0.15) is 0 Å². The SMILES string of the molecule is CSc1ccc(S(=O)(=O)N2CCC(C(=O)N(CC3CCCO3)c3nc4ccccc4s3)CC2)cc1. The van der Waals surface area contributed by atoms with E-state index in [2.05, 4.69) is 0 Å². The molecule has 1 aromatic heterocycles. The van der Waals surface area contributed by atoms with Gasteiger partial charge in [0.25, 0.3) is 0 Å². The molecule has 7 nitrogen and oxygen atoms in total. The lowest BCUT2D eigenvalue weighted by atomic mass is 9.96. The van der Waals surface area contributed by atoms with E-state index in [1.54, 1.807) is 28.8 Å². The lowest BCUT2D eigenvalue weighted by molar-refractivity contribution is -0.123. The van der Waals surface area contributed by atoms with E-state index >= 15 is 0 Å². The Balaban J connectivity index is 1.31. The molecule has 3 heterocycles. The molecule has 10 heteroatoms. The highest BCUT2D eigenvalue weighted by Crippen LogP contribution is 2.33. The van der Waals surface area contributed by atoms with Gasteiger partial charge in [0.15, 0.2) is 5.13 Å². The van der Waals surface area contributed by atoms with E-state index < -0.39 is 10.0 Å². The summed E-state index contributed by atoms with van der Waals surface area (Å²) in [5.74, 6) is -0.227. The zero-order chi connectivity index (χ0) is 24.4. The Morgan fingerprint density at radius 1 is 1.14 bits per heavy atom. The minimum Gasteiger partial charge on any atom is -0.376 e. The van der Waals surface area contributed by atoms with Crippen molar-refractivity contribution in [2.24, 2.45) is 5.92 Å². The number of sulfonamides is 1. The van der Waals surface area contributed by atoms with E-state index in [9.17, 15) is 13.2 Å². The molecule has 2 fully saturated rings. The predicted molar refractivity (Wildman–Crippen MR) is 141 cm³/mol. The maximum atomic E-state index is 13.7. The van der Waals surface area contributed by atoms with Crippen molar-refractivity contribution in [3.05, 3.63) is 48.5 Å². The van der Waals surface area contributed by atoms with Crippen molar-refractivity contribution in [1.29, 1.82) is 0 Å². The summed E-state index contributed by atoms with van der Waals surface area (Å²) < 4.78 is 34.7. The number of ether oxygens (including phenoxy) is 1. The summed E-state index contributed by atoms with van der Waals surface area (Å²) in [6, 6.07) is 14.9. The molecule has 2 saturated heterocycles. The molecule has 35 heavy (non-hydrogen) atoms. The van der Waals surface area contributed by atoms with Crippen LogP contribution in [0.5, 0.6) is 0 Å². The van der Waals surface area contributed by atoms with Crippen LogP contribution in [-0.4, -0.2) is 62.2 Å². The Labute approximate surface area is 214 Å². The van der Waals surface area contributed by atoms with Crippen LogP contribution in [0.1, 0.15) is 25.7 Å². The van der Waals surface area contributed by atoms with Crippen LogP contribution in [0.15, 0.2) is 58.3 Å². The summed E-state index contributed by atoms with van der Waals surface area (Å²) >= 11 is 3.09. The number of hydrogen-bond donors (Lipinski definition) is 0. The molecule has 0 aliphatic carbocycles. The number of rotatable bonds is 7. The van der Waals surface area contributed by atoms with Gasteiger partial charge < -0.3 is 4.74 Å². The van der Waals surface area contributed by atoms with Gasteiger partial charge in [-0.25, -0.2) is 13.4 Å². The van der Waals surface area contributed by atoms with Crippen LogP contribution >= 0.6 is 23.1 Å². The average Bonchev–Trinajstić information content (AvgIpc) is 3.56. The molecule has 0 spiro atoms. The van der Waals surface area contributed by atoms with E-state index in [0.717, 1.165) is 34.6 Å². The quantitative estimate of drug-likeness (QED) is 0.414. The minimum atomic E-state index is -3.58. The molecule has 0 saturated carbocycles. The molecule has 1 amide bonds. The molecule has 5 rings (SSSR count). The van der Waals surface area contributed by atoms with Gasteiger partial charge in [-0.2, -0.15) is 4.31 Å². The molecule has 1 atom stereocenters. The van der Waals surface area contributed by atoms with E-state index in [1.807, 2.05) is 42.7 Å². The summed E-state index contributed by atoms with van der Waals surface area (Å²) in [6.45, 7) is 1.87. The van der Waals surface area contributed by atoms with E-state index in [4.69, 9.17) is 9.72 Å². The number of carbonyl (C=O) groups excluding carboxylic acids is 1. The Kier molecular flexibility index (Phi) is 7.45. The normalized spacial score (nSPS) is 19.9. The van der Waals surface area contributed by atoms with Gasteiger partial charge in [0.2, 0.25) is 15.9 Å². The number of piperidine rings is 1. The van der Waals surface area contributed by atoms with Gasteiger partial charge in [-0.05, 0) is 68.3 Å². The Morgan fingerprint density at radius 3 is 2.54 bits per heavy atom. The van der Waals surface area contributed by atoms with Gasteiger partial charge in [-0.3, -0.25) is 9.69 Å². The van der Waals surface area contributed by atoms with Crippen molar-refractivity contribution in [3.8, 4) is 0 Å². The van der Waals surface area contributed by atoms with Gasteiger partial charge in [0, 0.05) is 30.5 Å². The molecule has 1 unspecified atom stereocenters. The molecule has 2 aromatic carbocycles. The molecule has 186 valence electrons. The Hall–Kier alpha value is -1.98. The number of aromatic nitrogens is 1. The first-order valence-electron chi connectivity index (χ1n) is 11.9. The number of fused-ring (bicyclic) bond motifs is 1. The topological polar surface area (TPSA) is 79.8 Å². The van der Waals surface area contributed by atoms with Crippen LogP contribution in [-0.2, 0) is 19.6 Å². The highest BCUT2D eigenvalue weighted by molar-refractivity contribution is 7.98. The van der Waals surface area contributed by atoms with Gasteiger partial charge in [0.05, 0.1) is 27.8 Å². The van der Waals surface area contributed by atoms with Gasteiger partial charge in [-0.1, -0.05) is 23.5 Å².